The molecule has 2 aliphatic rings. The Morgan fingerprint density at radius 3 is 3.12 bits per heavy atom. The number of halogens is 1. The lowest BCUT2D eigenvalue weighted by molar-refractivity contribution is 0.0671. The van der Waals surface area contributed by atoms with Crippen LogP contribution >= 0.6 is 23.7 Å². The van der Waals surface area contributed by atoms with Crippen LogP contribution in [0.3, 0.4) is 0 Å². The van der Waals surface area contributed by atoms with E-state index in [1.807, 2.05) is 4.90 Å². The molecule has 0 aliphatic carbocycles. The molecule has 6 heteroatoms. The summed E-state index contributed by atoms with van der Waals surface area (Å²) in [7, 11) is 0. The van der Waals surface area contributed by atoms with Gasteiger partial charge in [0.05, 0.1) is 16.9 Å². The van der Waals surface area contributed by atoms with Crippen LogP contribution in [0, 0.1) is 0 Å². The third-order valence-electron chi connectivity index (χ3n) is 3.13. The van der Waals surface area contributed by atoms with Gasteiger partial charge in [0.15, 0.2) is 0 Å². The smallest absolute Gasteiger partial charge is 0.274 e. The molecule has 1 aromatic heterocycles. The van der Waals surface area contributed by atoms with Gasteiger partial charge in [0.1, 0.15) is 5.69 Å². The number of piperidine rings is 1. The van der Waals surface area contributed by atoms with Crippen molar-refractivity contribution in [2.45, 2.75) is 25.4 Å². The molecule has 0 bridgehead atoms. The summed E-state index contributed by atoms with van der Waals surface area (Å²) in [6.45, 7) is 2.78. The Morgan fingerprint density at radius 1 is 1.56 bits per heavy atom. The van der Waals surface area contributed by atoms with Gasteiger partial charge in [0.2, 0.25) is 0 Å². The predicted molar refractivity (Wildman–Crippen MR) is 65.1 cm³/mol. The molecule has 0 aromatic carbocycles. The van der Waals surface area contributed by atoms with Crippen LogP contribution in [0.4, 0.5) is 0 Å². The normalized spacial score (nSPS) is 24.1. The Kier molecular flexibility index (Phi) is 3.47. The third kappa shape index (κ3) is 1.83. The van der Waals surface area contributed by atoms with Crippen molar-refractivity contribution in [1.82, 2.24) is 15.2 Å². The van der Waals surface area contributed by atoms with E-state index in [1.165, 1.54) is 0 Å². The molecule has 0 unspecified atom stereocenters. The lowest BCUT2D eigenvalue weighted by Crippen LogP contribution is -2.46. The van der Waals surface area contributed by atoms with E-state index in [2.05, 4.69) is 10.3 Å². The largest absolute Gasteiger partial charge is 0.328 e. The first-order valence-electron chi connectivity index (χ1n) is 5.30. The molecule has 1 aromatic rings. The van der Waals surface area contributed by atoms with Crippen LogP contribution in [0.25, 0.3) is 0 Å². The maximum atomic E-state index is 12.0. The van der Waals surface area contributed by atoms with Crippen LogP contribution in [0.15, 0.2) is 5.51 Å². The lowest BCUT2D eigenvalue weighted by Gasteiger charge is -2.31. The highest BCUT2D eigenvalue weighted by molar-refractivity contribution is 7.10. The maximum Gasteiger partial charge on any atom is 0.274 e. The minimum absolute atomic E-state index is 0. The van der Waals surface area contributed by atoms with Gasteiger partial charge < -0.3 is 10.2 Å². The second kappa shape index (κ2) is 4.69. The van der Waals surface area contributed by atoms with E-state index in [1.54, 1.807) is 16.8 Å². The Balaban J connectivity index is 0.000000963. The van der Waals surface area contributed by atoms with Gasteiger partial charge in [-0.15, -0.1) is 23.7 Å². The van der Waals surface area contributed by atoms with Gasteiger partial charge in [0, 0.05) is 12.6 Å². The zero-order chi connectivity index (χ0) is 10.3. The number of thiazole rings is 1. The zero-order valence-electron chi connectivity index (χ0n) is 8.81. The summed E-state index contributed by atoms with van der Waals surface area (Å²) in [4.78, 5) is 19.2. The van der Waals surface area contributed by atoms with E-state index in [0.29, 0.717) is 11.7 Å². The van der Waals surface area contributed by atoms with Gasteiger partial charge in [0.25, 0.3) is 5.91 Å². The molecule has 88 valence electrons. The zero-order valence-corrected chi connectivity index (χ0v) is 10.4. The fourth-order valence-electron chi connectivity index (χ4n) is 2.31. The van der Waals surface area contributed by atoms with Crippen molar-refractivity contribution in [3.8, 4) is 0 Å². The molecular weight excluding hydrogens is 246 g/mol. The highest BCUT2D eigenvalue weighted by Crippen LogP contribution is 2.28. The fourth-order valence-corrected chi connectivity index (χ4v) is 3.06. The van der Waals surface area contributed by atoms with E-state index in [4.69, 9.17) is 0 Å². The van der Waals surface area contributed by atoms with Crippen molar-refractivity contribution in [3.63, 3.8) is 0 Å². The first-order valence-corrected chi connectivity index (χ1v) is 6.18. The molecule has 1 N–H and O–H groups in total. The van der Waals surface area contributed by atoms with Gasteiger partial charge in [-0.05, 0) is 19.4 Å². The van der Waals surface area contributed by atoms with Crippen molar-refractivity contribution in [2.75, 3.05) is 13.1 Å². The van der Waals surface area contributed by atoms with Gasteiger partial charge in [-0.3, -0.25) is 4.79 Å². The summed E-state index contributed by atoms with van der Waals surface area (Å²) in [6, 6.07) is 0.368. The summed E-state index contributed by atoms with van der Waals surface area (Å²) in [5.74, 6) is 0.125. The second-order valence-corrected chi connectivity index (χ2v) is 5.00. The van der Waals surface area contributed by atoms with Gasteiger partial charge in [-0.1, -0.05) is 0 Å². The number of nitrogens with one attached hydrogen (secondary N) is 1. The maximum absolute atomic E-state index is 12.0. The van der Waals surface area contributed by atoms with Crippen molar-refractivity contribution >= 4 is 29.7 Å². The number of rotatable bonds is 1. The van der Waals surface area contributed by atoms with Crippen molar-refractivity contribution in [2.24, 2.45) is 0 Å². The van der Waals surface area contributed by atoms with E-state index < -0.39 is 0 Å². The molecule has 2 aliphatic heterocycles. The van der Waals surface area contributed by atoms with Gasteiger partial charge in [-0.2, -0.15) is 0 Å². The number of aromatic nitrogens is 1. The molecule has 1 fully saturated rings. The van der Waals surface area contributed by atoms with E-state index in [9.17, 15) is 4.79 Å². The molecule has 3 rings (SSSR count). The average Bonchev–Trinajstić information content (AvgIpc) is 2.83. The Labute approximate surface area is 104 Å². The molecular formula is C10H14ClN3OS. The molecule has 0 radical (unpaired) electrons. The highest BCUT2D eigenvalue weighted by Gasteiger charge is 2.35. The minimum Gasteiger partial charge on any atom is -0.328 e. The summed E-state index contributed by atoms with van der Waals surface area (Å²) < 4.78 is 0. The van der Waals surface area contributed by atoms with Crippen LogP contribution in [0.1, 0.15) is 28.2 Å². The molecule has 0 spiro atoms. The second-order valence-electron chi connectivity index (χ2n) is 4.06. The van der Waals surface area contributed by atoms with Crippen molar-refractivity contribution < 1.29 is 4.79 Å². The topological polar surface area (TPSA) is 45.2 Å². The van der Waals surface area contributed by atoms with Crippen molar-refractivity contribution in [3.05, 3.63) is 16.1 Å². The van der Waals surface area contributed by atoms with E-state index in [-0.39, 0.29) is 18.3 Å². The van der Waals surface area contributed by atoms with Crippen LogP contribution < -0.4 is 5.32 Å². The minimum atomic E-state index is 0. The number of nitrogens with zero attached hydrogens (tertiary/aromatic N) is 2. The SMILES string of the molecule is Cl.O=C1c2ncsc2CN1[C@H]1CCCNC1. The standard InChI is InChI=1S/C10H13N3OS.ClH/c14-10-9-8(15-6-12-9)5-13(10)7-2-1-3-11-4-7;/h6-7,11H,1-5H2;1H/t7-;/m0./s1. The number of hydrogen-bond acceptors (Lipinski definition) is 4. The fraction of sp³-hybridized carbons (Fsp3) is 0.600. The molecule has 4 nitrogen and oxygen atoms in total. The molecule has 1 amide bonds. The lowest BCUT2D eigenvalue weighted by atomic mass is 10.1. The molecule has 3 heterocycles. The first-order chi connectivity index (χ1) is 7.36. The summed E-state index contributed by atoms with van der Waals surface area (Å²) >= 11 is 1.59. The van der Waals surface area contributed by atoms with Crippen LogP contribution in [-0.2, 0) is 6.54 Å². The molecule has 16 heavy (non-hydrogen) atoms. The van der Waals surface area contributed by atoms with Crippen LogP contribution in [0.2, 0.25) is 0 Å². The average molecular weight is 260 g/mol. The highest BCUT2D eigenvalue weighted by atomic mass is 35.5. The van der Waals surface area contributed by atoms with Crippen molar-refractivity contribution in [1.29, 1.82) is 0 Å². The summed E-state index contributed by atoms with van der Waals surface area (Å²) in [5, 5.41) is 3.34. The Bertz CT molecular complexity index is 389. The predicted octanol–water partition coefficient (Wildman–Crippen LogP) is 1.27. The van der Waals surface area contributed by atoms with Crippen LogP contribution in [0.5, 0.6) is 0 Å². The number of amides is 1. The van der Waals surface area contributed by atoms with E-state index >= 15 is 0 Å². The van der Waals surface area contributed by atoms with Crippen LogP contribution in [-0.4, -0.2) is 34.9 Å². The summed E-state index contributed by atoms with van der Waals surface area (Å²) in [5.41, 5.74) is 2.45. The third-order valence-corrected chi connectivity index (χ3v) is 3.95. The molecule has 1 saturated heterocycles. The molecule has 0 saturated carbocycles. The van der Waals surface area contributed by atoms with E-state index in [0.717, 1.165) is 37.4 Å². The number of carbonyl (C=O) groups excluding carboxylic acids is 1. The number of fused-ring (bicyclic) bond motifs is 1. The van der Waals surface area contributed by atoms with Gasteiger partial charge >= 0.3 is 0 Å². The Morgan fingerprint density at radius 2 is 2.44 bits per heavy atom. The molecule has 1 atom stereocenters. The van der Waals surface area contributed by atoms with Gasteiger partial charge in [-0.25, -0.2) is 4.98 Å². The quantitative estimate of drug-likeness (QED) is 0.826. The Hall–Kier alpha value is -0.650. The summed E-state index contributed by atoms with van der Waals surface area (Å²) in [6.07, 6.45) is 2.28. The first kappa shape index (κ1) is 11.8. The monoisotopic (exact) mass is 259 g/mol. The number of carbonyl (C=O) groups is 1. The number of hydrogen-bond donors (Lipinski definition) is 1.